The van der Waals surface area contributed by atoms with Crippen molar-refractivity contribution in [3.05, 3.63) is 0 Å². The van der Waals surface area contributed by atoms with E-state index in [1.807, 2.05) is 35.4 Å². The topological polar surface area (TPSA) is 20.2 Å². The highest BCUT2D eigenvalue weighted by Gasteiger charge is 2.39. The van der Waals surface area contributed by atoms with E-state index in [9.17, 15) is 5.11 Å². The minimum Gasteiger partial charge on any atom is -0.391 e. The standard InChI is InChI=1S/C9H18OS2.C2H6/c1-5(2)8-7(10)9(6(3)4)12-11-8;1-2/h5-10H,1-4H3;1-2H3. The second kappa shape index (κ2) is 7.02. The van der Waals surface area contributed by atoms with E-state index in [0.717, 1.165) is 0 Å². The summed E-state index contributed by atoms with van der Waals surface area (Å²) in [5, 5.41) is 10.8. The van der Waals surface area contributed by atoms with Gasteiger partial charge in [-0.3, -0.25) is 0 Å². The summed E-state index contributed by atoms with van der Waals surface area (Å²) >= 11 is 0. The molecule has 0 saturated carbocycles. The Morgan fingerprint density at radius 1 is 0.857 bits per heavy atom. The molecule has 1 nitrogen and oxygen atoms in total. The van der Waals surface area contributed by atoms with Crippen LogP contribution in [0, 0.1) is 11.8 Å². The van der Waals surface area contributed by atoms with Crippen LogP contribution in [0.5, 0.6) is 0 Å². The summed E-state index contributed by atoms with van der Waals surface area (Å²) < 4.78 is 0. The summed E-state index contributed by atoms with van der Waals surface area (Å²) in [5.74, 6) is 1.17. The molecule has 1 fully saturated rings. The van der Waals surface area contributed by atoms with E-state index >= 15 is 0 Å². The Kier molecular flexibility index (Phi) is 7.35. The third-order valence-corrected chi connectivity index (χ3v) is 6.13. The van der Waals surface area contributed by atoms with Gasteiger partial charge in [0, 0.05) is 10.5 Å². The highest BCUT2D eigenvalue weighted by Crippen LogP contribution is 2.48. The van der Waals surface area contributed by atoms with Crippen molar-refractivity contribution in [2.45, 2.75) is 58.1 Å². The summed E-state index contributed by atoms with van der Waals surface area (Å²) in [6, 6.07) is 0. The minimum atomic E-state index is -0.111. The summed E-state index contributed by atoms with van der Waals surface area (Å²) in [5.41, 5.74) is 0. The van der Waals surface area contributed by atoms with Crippen LogP contribution >= 0.6 is 21.6 Å². The number of rotatable bonds is 2. The van der Waals surface area contributed by atoms with E-state index in [2.05, 4.69) is 27.7 Å². The van der Waals surface area contributed by atoms with Gasteiger partial charge in [-0.05, 0) is 11.8 Å². The molecule has 0 aliphatic carbocycles. The van der Waals surface area contributed by atoms with Gasteiger partial charge in [0.2, 0.25) is 0 Å². The molecule has 1 aliphatic heterocycles. The third kappa shape index (κ3) is 3.67. The van der Waals surface area contributed by atoms with Gasteiger partial charge in [-0.25, -0.2) is 0 Å². The zero-order valence-corrected chi connectivity index (χ0v) is 11.8. The van der Waals surface area contributed by atoms with Gasteiger partial charge in [-0.15, -0.1) is 0 Å². The fraction of sp³-hybridized carbons (Fsp3) is 1.00. The first kappa shape index (κ1) is 14.7. The second-order valence-corrected chi connectivity index (χ2v) is 6.73. The maximum atomic E-state index is 9.95. The lowest BCUT2D eigenvalue weighted by Gasteiger charge is -2.21. The van der Waals surface area contributed by atoms with Gasteiger partial charge >= 0.3 is 0 Å². The molecule has 1 rings (SSSR count). The number of aliphatic hydroxyl groups is 1. The van der Waals surface area contributed by atoms with Crippen molar-refractivity contribution in [1.29, 1.82) is 0 Å². The van der Waals surface area contributed by atoms with Crippen molar-refractivity contribution < 1.29 is 5.11 Å². The summed E-state index contributed by atoms with van der Waals surface area (Å²) in [7, 11) is 3.72. The van der Waals surface area contributed by atoms with Gasteiger partial charge < -0.3 is 5.11 Å². The van der Waals surface area contributed by atoms with Crippen molar-refractivity contribution >= 4 is 21.6 Å². The van der Waals surface area contributed by atoms with Crippen LogP contribution in [0.2, 0.25) is 0 Å². The molecular weight excluding hydrogens is 212 g/mol. The van der Waals surface area contributed by atoms with E-state index in [-0.39, 0.29) is 6.10 Å². The van der Waals surface area contributed by atoms with Crippen molar-refractivity contribution in [3.8, 4) is 0 Å². The molecule has 2 unspecified atom stereocenters. The molecule has 0 aromatic carbocycles. The smallest absolute Gasteiger partial charge is 0.0798 e. The van der Waals surface area contributed by atoms with E-state index in [0.29, 0.717) is 22.3 Å². The maximum absolute atomic E-state index is 9.95. The van der Waals surface area contributed by atoms with Crippen LogP contribution < -0.4 is 0 Å². The van der Waals surface area contributed by atoms with Crippen molar-refractivity contribution in [3.63, 3.8) is 0 Å². The predicted molar refractivity (Wildman–Crippen MR) is 69.8 cm³/mol. The Morgan fingerprint density at radius 3 is 1.29 bits per heavy atom. The molecule has 0 spiro atoms. The zero-order chi connectivity index (χ0) is 11.3. The molecule has 0 radical (unpaired) electrons. The summed E-state index contributed by atoms with van der Waals surface area (Å²) in [6.45, 7) is 12.7. The Balaban J connectivity index is 0.000000791. The van der Waals surface area contributed by atoms with Gasteiger partial charge in [0.25, 0.3) is 0 Å². The van der Waals surface area contributed by atoms with Crippen LogP contribution in [0.25, 0.3) is 0 Å². The fourth-order valence-corrected chi connectivity index (χ4v) is 5.59. The molecule has 0 bridgehead atoms. The molecule has 1 aliphatic rings. The van der Waals surface area contributed by atoms with Crippen molar-refractivity contribution in [2.24, 2.45) is 11.8 Å². The number of hydrogen-bond donors (Lipinski definition) is 1. The van der Waals surface area contributed by atoms with E-state index in [1.165, 1.54) is 0 Å². The Labute approximate surface area is 96.8 Å². The van der Waals surface area contributed by atoms with Crippen molar-refractivity contribution in [2.75, 3.05) is 0 Å². The zero-order valence-electron chi connectivity index (χ0n) is 10.2. The molecule has 2 atom stereocenters. The summed E-state index contributed by atoms with van der Waals surface area (Å²) in [6.07, 6.45) is -0.111. The lowest BCUT2D eigenvalue weighted by Crippen LogP contribution is -2.33. The fourth-order valence-electron chi connectivity index (χ4n) is 1.44. The molecule has 1 N–H and O–H groups in total. The van der Waals surface area contributed by atoms with Crippen molar-refractivity contribution in [1.82, 2.24) is 0 Å². The molecule has 0 amide bonds. The number of aliphatic hydroxyl groups excluding tert-OH is 1. The van der Waals surface area contributed by atoms with Crippen LogP contribution in [-0.4, -0.2) is 21.7 Å². The van der Waals surface area contributed by atoms with E-state index < -0.39 is 0 Å². The Morgan fingerprint density at radius 2 is 1.14 bits per heavy atom. The normalized spacial score (nSPS) is 31.9. The summed E-state index contributed by atoms with van der Waals surface area (Å²) in [4.78, 5) is 0. The lowest BCUT2D eigenvalue weighted by atomic mass is 9.97. The van der Waals surface area contributed by atoms with Gasteiger partial charge in [0.1, 0.15) is 0 Å². The highest BCUT2D eigenvalue weighted by molar-refractivity contribution is 8.77. The minimum absolute atomic E-state index is 0.111. The maximum Gasteiger partial charge on any atom is 0.0798 e. The van der Waals surface area contributed by atoms with Crippen LogP contribution in [0.1, 0.15) is 41.5 Å². The van der Waals surface area contributed by atoms with Gasteiger partial charge in [-0.1, -0.05) is 63.1 Å². The first-order valence-electron chi connectivity index (χ1n) is 5.54. The third-order valence-electron chi connectivity index (χ3n) is 2.27. The number of hydrogen-bond acceptors (Lipinski definition) is 3. The molecule has 1 saturated heterocycles. The highest BCUT2D eigenvalue weighted by atomic mass is 33.1. The molecule has 14 heavy (non-hydrogen) atoms. The molecule has 0 aromatic heterocycles. The van der Waals surface area contributed by atoms with Crippen LogP contribution in [0.3, 0.4) is 0 Å². The second-order valence-electron chi connectivity index (χ2n) is 4.10. The first-order chi connectivity index (χ1) is 6.54. The SMILES string of the molecule is CC.CC(C)C1SSC(C(C)C)C1O. The Hall–Kier alpha value is 0.660. The molecule has 1 heterocycles. The largest absolute Gasteiger partial charge is 0.391 e. The van der Waals surface area contributed by atoms with Gasteiger partial charge in [0.05, 0.1) is 6.10 Å². The lowest BCUT2D eigenvalue weighted by molar-refractivity contribution is 0.142. The quantitative estimate of drug-likeness (QED) is 0.736. The van der Waals surface area contributed by atoms with Crippen LogP contribution in [0.4, 0.5) is 0 Å². The van der Waals surface area contributed by atoms with Gasteiger partial charge in [0.15, 0.2) is 0 Å². The van der Waals surface area contributed by atoms with Crippen LogP contribution in [-0.2, 0) is 0 Å². The molecule has 86 valence electrons. The Bertz CT molecular complexity index is 132. The molecule has 3 heteroatoms. The average Bonchev–Trinajstić information content (AvgIpc) is 2.50. The predicted octanol–water partition coefficient (Wildman–Crippen LogP) is 3.82. The first-order valence-corrected chi connectivity index (χ1v) is 7.82. The monoisotopic (exact) mass is 236 g/mol. The van der Waals surface area contributed by atoms with Gasteiger partial charge in [-0.2, -0.15) is 0 Å². The van der Waals surface area contributed by atoms with E-state index in [1.54, 1.807) is 0 Å². The van der Waals surface area contributed by atoms with Crippen LogP contribution in [0.15, 0.2) is 0 Å². The molecular formula is C11H24OS2. The average molecular weight is 236 g/mol. The molecule has 0 aromatic rings. The van der Waals surface area contributed by atoms with E-state index in [4.69, 9.17) is 0 Å².